The van der Waals surface area contributed by atoms with Crippen LogP contribution in [-0.2, 0) is 11.3 Å². The predicted molar refractivity (Wildman–Crippen MR) is 77.3 cm³/mol. The standard InChI is InChI=1S/C16H24N2O2/c1-12-4-3-7-17-14(12)10-18-8-9-20-11-15(18)13-5-2-6-16(13)19/h3-4,7,13,15-16,19H,2,5-6,8-11H2,1H3/t13-,15+,16+/m0/s1. The van der Waals surface area contributed by atoms with E-state index in [2.05, 4.69) is 22.9 Å². The van der Waals surface area contributed by atoms with Crippen molar-refractivity contribution < 1.29 is 9.84 Å². The third-order valence-corrected chi connectivity index (χ3v) is 4.78. The number of aliphatic hydroxyl groups is 1. The van der Waals surface area contributed by atoms with Crippen molar-refractivity contribution in [2.24, 2.45) is 5.92 Å². The van der Waals surface area contributed by atoms with Gasteiger partial charge in [0.1, 0.15) is 0 Å². The molecule has 1 N–H and O–H groups in total. The Bertz CT molecular complexity index is 452. The number of ether oxygens (including phenoxy) is 1. The average molecular weight is 276 g/mol. The first-order valence-corrected chi connectivity index (χ1v) is 7.66. The Morgan fingerprint density at radius 1 is 1.45 bits per heavy atom. The van der Waals surface area contributed by atoms with E-state index < -0.39 is 0 Å². The molecule has 1 aromatic rings. The molecule has 3 rings (SSSR count). The topological polar surface area (TPSA) is 45.6 Å². The van der Waals surface area contributed by atoms with Gasteiger partial charge in [-0.2, -0.15) is 0 Å². The third-order valence-electron chi connectivity index (χ3n) is 4.78. The molecule has 20 heavy (non-hydrogen) atoms. The maximum absolute atomic E-state index is 10.2. The lowest BCUT2D eigenvalue weighted by Crippen LogP contribution is -2.50. The molecular weight excluding hydrogens is 252 g/mol. The molecule has 0 bridgehead atoms. The summed E-state index contributed by atoms with van der Waals surface area (Å²) >= 11 is 0. The molecule has 110 valence electrons. The second-order valence-electron chi connectivity index (χ2n) is 6.04. The summed E-state index contributed by atoms with van der Waals surface area (Å²) in [5.41, 5.74) is 2.39. The fourth-order valence-electron chi connectivity index (χ4n) is 3.54. The molecular formula is C16H24N2O2. The molecule has 1 saturated heterocycles. The quantitative estimate of drug-likeness (QED) is 0.913. The number of hydrogen-bond acceptors (Lipinski definition) is 4. The van der Waals surface area contributed by atoms with Gasteiger partial charge in [-0.1, -0.05) is 12.5 Å². The summed E-state index contributed by atoms with van der Waals surface area (Å²) < 4.78 is 5.67. The fourth-order valence-corrected chi connectivity index (χ4v) is 3.54. The highest BCUT2D eigenvalue weighted by atomic mass is 16.5. The lowest BCUT2D eigenvalue weighted by atomic mass is 9.94. The van der Waals surface area contributed by atoms with Gasteiger partial charge in [0.05, 0.1) is 25.0 Å². The van der Waals surface area contributed by atoms with Crippen LogP contribution in [0.15, 0.2) is 18.3 Å². The summed E-state index contributed by atoms with van der Waals surface area (Å²) in [6, 6.07) is 4.43. The van der Waals surface area contributed by atoms with Gasteiger partial charge in [-0.15, -0.1) is 0 Å². The van der Waals surface area contributed by atoms with Crippen molar-refractivity contribution in [3.8, 4) is 0 Å². The fraction of sp³-hybridized carbons (Fsp3) is 0.688. The van der Waals surface area contributed by atoms with Gasteiger partial charge in [-0.3, -0.25) is 9.88 Å². The monoisotopic (exact) mass is 276 g/mol. The minimum absolute atomic E-state index is 0.158. The second-order valence-corrected chi connectivity index (χ2v) is 6.04. The van der Waals surface area contributed by atoms with Crippen LogP contribution in [0.4, 0.5) is 0 Å². The smallest absolute Gasteiger partial charge is 0.0626 e. The molecule has 1 aromatic heterocycles. The molecule has 4 nitrogen and oxygen atoms in total. The molecule has 3 atom stereocenters. The lowest BCUT2D eigenvalue weighted by molar-refractivity contribution is -0.0541. The first-order chi connectivity index (χ1) is 9.75. The van der Waals surface area contributed by atoms with E-state index in [0.29, 0.717) is 12.0 Å². The summed E-state index contributed by atoms with van der Waals surface area (Å²) in [5, 5.41) is 10.2. The van der Waals surface area contributed by atoms with Gasteiger partial charge in [-0.25, -0.2) is 0 Å². The van der Waals surface area contributed by atoms with Gasteiger partial charge >= 0.3 is 0 Å². The summed E-state index contributed by atoms with van der Waals surface area (Å²) in [6.45, 7) is 5.44. The lowest BCUT2D eigenvalue weighted by Gasteiger charge is -2.40. The minimum atomic E-state index is -0.158. The molecule has 1 aliphatic carbocycles. The molecule has 2 heterocycles. The average Bonchev–Trinajstić information content (AvgIpc) is 2.88. The zero-order valence-corrected chi connectivity index (χ0v) is 12.2. The van der Waals surface area contributed by atoms with Crippen molar-refractivity contribution in [2.45, 2.75) is 44.9 Å². The predicted octanol–water partition coefficient (Wildman–Crippen LogP) is 1.75. The van der Waals surface area contributed by atoms with Crippen LogP contribution in [0.25, 0.3) is 0 Å². The summed E-state index contributed by atoms with van der Waals surface area (Å²) in [5.74, 6) is 0.360. The molecule has 2 aliphatic rings. The minimum Gasteiger partial charge on any atom is -0.393 e. The van der Waals surface area contributed by atoms with Gasteiger partial charge in [0.15, 0.2) is 0 Å². The molecule has 2 fully saturated rings. The van der Waals surface area contributed by atoms with Crippen molar-refractivity contribution >= 4 is 0 Å². The van der Waals surface area contributed by atoms with Crippen molar-refractivity contribution in [3.05, 3.63) is 29.6 Å². The number of aryl methyl sites for hydroxylation is 1. The van der Waals surface area contributed by atoms with E-state index in [-0.39, 0.29) is 6.10 Å². The van der Waals surface area contributed by atoms with Crippen LogP contribution in [0.5, 0.6) is 0 Å². The summed E-state index contributed by atoms with van der Waals surface area (Å²) in [7, 11) is 0. The number of pyridine rings is 1. The zero-order chi connectivity index (χ0) is 13.9. The van der Waals surface area contributed by atoms with Crippen molar-refractivity contribution in [2.75, 3.05) is 19.8 Å². The Kier molecular flexibility index (Phi) is 4.34. The third kappa shape index (κ3) is 2.87. The number of rotatable bonds is 3. The van der Waals surface area contributed by atoms with E-state index in [1.54, 1.807) is 0 Å². The maximum Gasteiger partial charge on any atom is 0.0626 e. The van der Waals surface area contributed by atoms with E-state index in [0.717, 1.165) is 51.3 Å². The van der Waals surface area contributed by atoms with Crippen LogP contribution in [0.1, 0.15) is 30.5 Å². The van der Waals surface area contributed by atoms with Crippen molar-refractivity contribution in [1.29, 1.82) is 0 Å². The molecule has 0 unspecified atom stereocenters. The van der Waals surface area contributed by atoms with Gasteiger partial charge in [0.25, 0.3) is 0 Å². The number of aliphatic hydroxyl groups excluding tert-OH is 1. The van der Waals surface area contributed by atoms with Crippen molar-refractivity contribution in [3.63, 3.8) is 0 Å². The first-order valence-electron chi connectivity index (χ1n) is 7.66. The molecule has 0 spiro atoms. The summed E-state index contributed by atoms with van der Waals surface area (Å²) in [6.07, 6.45) is 4.90. The first kappa shape index (κ1) is 14.0. The number of aromatic nitrogens is 1. The molecule has 1 aliphatic heterocycles. The molecule has 0 amide bonds. The molecule has 4 heteroatoms. The Hall–Kier alpha value is -0.970. The highest BCUT2D eigenvalue weighted by Crippen LogP contribution is 2.32. The van der Waals surface area contributed by atoms with E-state index >= 15 is 0 Å². The number of nitrogens with zero attached hydrogens (tertiary/aromatic N) is 2. The van der Waals surface area contributed by atoms with Gasteiger partial charge in [0, 0.05) is 31.2 Å². The SMILES string of the molecule is Cc1cccnc1CN1CCOC[C@@H]1[C@@H]1CCC[C@H]1O. The van der Waals surface area contributed by atoms with E-state index in [9.17, 15) is 5.11 Å². The van der Waals surface area contributed by atoms with Crippen LogP contribution >= 0.6 is 0 Å². The van der Waals surface area contributed by atoms with Gasteiger partial charge < -0.3 is 9.84 Å². The van der Waals surface area contributed by atoms with Gasteiger partial charge in [0.2, 0.25) is 0 Å². The van der Waals surface area contributed by atoms with Gasteiger partial charge in [-0.05, 0) is 31.4 Å². The largest absolute Gasteiger partial charge is 0.393 e. The highest BCUT2D eigenvalue weighted by Gasteiger charge is 2.37. The summed E-state index contributed by atoms with van der Waals surface area (Å²) in [4.78, 5) is 6.96. The van der Waals surface area contributed by atoms with Crippen LogP contribution in [-0.4, -0.2) is 46.9 Å². The Morgan fingerprint density at radius 3 is 3.10 bits per heavy atom. The Balaban J connectivity index is 1.74. The normalized spacial score (nSPS) is 31.6. The molecule has 1 saturated carbocycles. The molecule has 0 aromatic carbocycles. The molecule has 0 radical (unpaired) electrons. The van der Waals surface area contributed by atoms with Crippen LogP contribution in [0.2, 0.25) is 0 Å². The Labute approximate surface area is 120 Å². The van der Waals surface area contributed by atoms with E-state index in [1.807, 2.05) is 12.3 Å². The van der Waals surface area contributed by atoms with E-state index in [1.165, 1.54) is 5.56 Å². The number of morpholine rings is 1. The maximum atomic E-state index is 10.2. The van der Waals surface area contributed by atoms with Crippen LogP contribution in [0.3, 0.4) is 0 Å². The Morgan fingerprint density at radius 2 is 2.35 bits per heavy atom. The van der Waals surface area contributed by atoms with Crippen molar-refractivity contribution in [1.82, 2.24) is 9.88 Å². The number of hydrogen-bond donors (Lipinski definition) is 1. The van der Waals surface area contributed by atoms with Crippen LogP contribution < -0.4 is 0 Å². The van der Waals surface area contributed by atoms with E-state index in [4.69, 9.17) is 4.74 Å². The zero-order valence-electron chi connectivity index (χ0n) is 12.2. The highest BCUT2D eigenvalue weighted by molar-refractivity contribution is 5.17. The second kappa shape index (κ2) is 6.20. The van der Waals surface area contributed by atoms with Crippen LogP contribution in [0, 0.1) is 12.8 Å².